The van der Waals surface area contributed by atoms with Crippen LogP contribution in [0.25, 0.3) is 0 Å². The molecule has 0 aromatic heterocycles. The fraction of sp³-hybridized carbons (Fsp3) is 1.00. The van der Waals surface area contributed by atoms with Crippen molar-refractivity contribution in [2.75, 3.05) is 0 Å². The number of rotatable bonds is 2. The first-order valence-corrected chi connectivity index (χ1v) is 4.55. The molecule has 0 atom stereocenters. The summed E-state index contributed by atoms with van der Waals surface area (Å²) in [7, 11) is 0. The van der Waals surface area contributed by atoms with Crippen LogP contribution in [0.2, 0.25) is 0 Å². The summed E-state index contributed by atoms with van der Waals surface area (Å²) in [4.78, 5) is 0. The minimum absolute atomic E-state index is 0. The van der Waals surface area contributed by atoms with Crippen LogP contribution < -0.4 is 17.7 Å². The summed E-state index contributed by atoms with van der Waals surface area (Å²) in [5, 5.41) is 3.58. The zero-order valence-corrected chi connectivity index (χ0v) is 10.4. The molecule has 1 aliphatic rings. The predicted molar refractivity (Wildman–Crippen MR) is 50.9 cm³/mol. The van der Waals surface area contributed by atoms with Crippen LogP contribution in [-0.4, -0.2) is 35.1 Å². The van der Waals surface area contributed by atoms with Crippen molar-refractivity contribution in [1.82, 2.24) is 5.32 Å². The van der Waals surface area contributed by atoms with E-state index in [-0.39, 0.29) is 35.5 Å². The molecule has 0 aromatic carbocycles. The van der Waals surface area contributed by atoms with Gasteiger partial charge < -0.3 is 17.7 Å². The average Bonchev–Trinajstić information content (AvgIpc) is 1.88. The van der Waals surface area contributed by atoms with Gasteiger partial charge in [0.2, 0.25) is 0 Å². The Labute approximate surface area is 98.6 Å². The van der Waals surface area contributed by atoms with E-state index in [0.29, 0.717) is 6.04 Å². The topological polar surface area (TPSA) is 12.0 Å². The molecule has 0 unspecified atom stereocenters. The average molecular weight is 201 g/mol. The van der Waals surface area contributed by atoms with Crippen LogP contribution in [0.5, 0.6) is 0 Å². The molecule has 1 rings (SSSR count). The monoisotopic (exact) mass is 200 g/mol. The first-order valence-electron chi connectivity index (χ1n) is 4.55. The van der Waals surface area contributed by atoms with E-state index in [2.05, 4.69) is 19.2 Å². The standard InChI is InChI=1S/C9H19N.ClH.Mg/c1-8(2)10-9-6-4-3-5-7-9;;/h8-10H,3-7H2,1-2H3;1H;/q;;+2/p-1. The van der Waals surface area contributed by atoms with E-state index in [1.54, 1.807) is 0 Å². The molecule has 0 aliphatic heterocycles. The number of nitrogens with one attached hydrogen (secondary N) is 1. The zero-order valence-electron chi connectivity index (χ0n) is 8.28. The Morgan fingerprint density at radius 2 is 1.58 bits per heavy atom. The molecule has 0 aromatic rings. The second kappa shape index (κ2) is 8.61. The van der Waals surface area contributed by atoms with Gasteiger partial charge in [-0.05, 0) is 12.8 Å². The van der Waals surface area contributed by atoms with Crippen molar-refractivity contribution in [3.63, 3.8) is 0 Å². The summed E-state index contributed by atoms with van der Waals surface area (Å²) in [5.74, 6) is 0. The molecule has 0 heterocycles. The van der Waals surface area contributed by atoms with Gasteiger partial charge in [0.15, 0.2) is 0 Å². The first-order chi connectivity index (χ1) is 4.79. The second-order valence-electron chi connectivity index (χ2n) is 3.66. The summed E-state index contributed by atoms with van der Waals surface area (Å²) in [5.41, 5.74) is 0. The van der Waals surface area contributed by atoms with E-state index < -0.39 is 0 Å². The second-order valence-corrected chi connectivity index (χ2v) is 3.66. The van der Waals surface area contributed by atoms with Gasteiger partial charge in [0, 0.05) is 12.1 Å². The van der Waals surface area contributed by atoms with E-state index in [4.69, 9.17) is 0 Å². The van der Waals surface area contributed by atoms with Crippen molar-refractivity contribution in [2.45, 2.75) is 58.0 Å². The molecular weight excluding hydrogens is 182 g/mol. The van der Waals surface area contributed by atoms with Crippen LogP contribution in [0.3, 0.4) is 0 Å². The van der Waals surface area contributed by atoms with Crippen molar-refractivity contribution < 1.29 is 12.4 Å². The summed E-state index contributed by atoms with van der Waals surface area (Å²) >= 11 is 0. The Balaban J connectivity index is 0. The van der Waals surface area contributed by atoms with Gasteiger partial charge in [-0.2, -0.15) is 0 Å². The molecule has 1 N–H and O–H groups in total. The molecule has 1 aliphatic carbocycles. The van der Waals surface area contributed by atoms with Gasteiger partial charge in [0.25, 0.3) is 0 Å². The Morgan fingerprint density at radius 1 is 1.08 bits per heavy atom. The van der Waals surface area contributed by atoms with E-state index in [1.165, 1.54) is 32.1 Å². The molecule has 1 nitrogen and oxygen atoms in total. The molecule has 3 heteroatoms. The molecule has 1 saturated carbocycles. The Morgan fingerprint density at radius 3 is 2.00 bits per heavy atom. The van der Waals surface area contributed by atoms with Gasteiger partial charge in [0.1, 0.15) is 0 Å². The van der Waals surface area contributed by atoms with Gasteiger partial charge in [0.05, 0.1) is 0 Å². The van der Waals surface area contributed by atoms with Gasteiger partial charge >= 0.3 is 23.1 Å². The van der Waals surface area contributed by atoms with Crippen molar-refractivity contribution in [1.29, 1.82) is 0 Å². The molecule has 1 fully saturated rings. The molecule has 0 radical (unpaired) electrons. The van der Waals surface area contributed by atoms with Crippen molar-refractivity contribution in [3.05, 3.63) is 0 Å². The molecular formula is C9H19ClMgN+. The fourth-order valence-corrected chi connectivity index (χ4v) is 1.74. The maximum absolute atomic E-state index is 3.58. The Kier molecular flexibility index (Phi) is 11.1. The molecule has 68 valence electrons. The molecule has 0 amide bonds. The van der Waals surface area contributed by atoms with Crippen molar-refractivity contribution in [3.8, 4) is 0 Å². The SMILES string of the molecule is CC(C)NC1CCCCC1.[Cl-].[Mg+2]. The van der Waals surface area contributed by atoms with Crippen LogP contribution in [0, 0.1) is 0 Å². The van der Waals surface area contributed by atoms with Crippen molar-refractivity contribution >= 4 is 23.1 Å². The smallest absolute Gasteiger partial charge is 1.00 e. The maximum Gasteiger partial charge on any atom is 2.00 e. The zero-order chi connectivity index (χ0) is 7.40. The van der Waals surface area contributed by atoms with Crippen LogP contribution in [0.1, 0.15) is 46.0 Å². The van der Waals surface area contributed by atoms with Crippen LogP contribution >= 0.6 is 0 Å². The number of hydrogen-bond acceptors (Lipinski definition) is 1. The van der Waals surface area contributed by atoms with Gasteiger partial charge in [-0.15, -0.1) is 0 Å². The maximum atomic E-state index is 3.58. The van der Waals surface area contributed by atoms with Crippen LogP contribution in [0.4, 0.5) is 0 Å². The van der Waals surface area contributed by atoms with Gasteiger partial charge in [-0.1, -0.05) is 33.1 Å². The Hall–Kier alpha value is 1.02. The number of hydrogen-bond donors (Lipinski definition) is 1. The molecule has 12 heavy (non-hydrogen) atoms. The quantitative estimate of drug-likeness (QED) is 0.561. The van der Waals surface area contributed by atoms with E-state index in [9.17, 15) is 0 Å². The fourth-order valence-electron chi connectivity index (χ4n) is 1.74. The largest absolute Gasteiger partial charge is 2.00 e. The third-order valence-electron chi connectivity index (χ3n) is 2.17. The minimum atomic E-state index is 0. The van der Waals surface area contributed by atoms with Crippen LogP contribution in [0.15, 0.2) is 0 Å². The normalized spacial score (nSPS) is 18.2. The third-order valence-corrected chi connectivity index (χ3v) is 2.17. The third kappa shape index (κ3) is 6.52. The molecule has 0 saturated heterocycles. The minimum Gasteiger partial charge on any atom is -1.00 e. The summed E-state index contributed by atoms with van der Waals surface area (Å²) in [6.07, 6.45) is 7.13. The Bertz CT molecular complexity index is 92.5. The summed E-state index contributed by atoms with van der Waals surface area (Å²) in [6, 6.07) is 1.50. The number of halogens is 1. The van der Waals surface area contributed by atoms with Gasteiger partial charge in [-0.25, -0.2) is 0 Å². The van der Waals surface area contributed by atoms with E-state index >= 15 is 0 Å². The summed E-state index contributed by atoms with van der Waals surface area (Å²) < 4.78 is 0. The van der Waals surface area contributed by atoms with Crippen molar-refractivity contribution in [2.24, 2.45) is 0 Å². The molecule has 0 spiro atoms. The van der Waals surface area contributed by atoms with E-state index in [0.717, 1.165) is 6.04 Å². The first kappa shape index (κ1) is 15.5. The van der Waals surface area contributed by atoms with Gasteiger partial charge in [-0.3, -0.25) is 0 Å². The van der Waals surface area contributed by atoms with Crippen LogP contribution in [-0.2, 0) is 0 Å². The van der Waals surface area contributed by atoms with E-state index in [1.807, 2.05) is 0 Å². The summed E-state index contributed by atoms with van der Waals surface area (Å²) in [6.45, 7) is 4.46. The molecule has 0 bridgehead atoms. The predicted octanol–water partition coefficient (Wildman–Crippen LogP) is -1.06.